The molecular formula is C15H14F2N2O2S. The Morgan fingerprint density at radius 2 is 1.59 bits per heavy atom. The summed E-state index contributed by atoms with van der Waals surface area (Å²) in [4.78, 5) is 0. The van der Waals surface area contributed by atoms with Gasteiger partial charge in [-0.15, -0.1) is 0 Å². The highest BCUT2D eigenvalue weighted by atomic mass is 32.1. The summed E-state index contributed by atoms with van der Waals surface area (Å²) in [6.45, 7) is 0. The van der Waals surface area contributed by atoms with Crippen LogP contribution in [-0.2, 0) is 0 Å². The second kappa shape index (κ2) is 7.04. The number of benzene rings is 2. The maximum Gasteiger partial charge on any atom is 0.175 e. The Labute approximate surface area is 132 Å². The van der Waals surface area contributed by atoms with E-state index in [1.807, 2.05) is 0 Å². The average Bonchev–Trinajstić information content (AvgIpc) is 2.49. The molecule has 0 aliphatic carbocycles. The van der Waals surface area contributed by atoms with E-state index in [9.17, 15) is 8.78 Å². The molecule has 0 unspecified atom stereocenters. The topological polar surface area (TPSA) is 42.5 Å². The van der Waals surface area contributed by atoms with E-state index < -0.39 is 11.6 Å². The van der Waals surface area contributed by atoms with Crippen molar-refractivity contribution in [2.75, 3.05) is 24.9 Å². The molecule has 0 aliphatic rings. The lowest BCUT2D eigenvalue weighted by atomic mass is 10.2. The summed E-state index contributed by atoms with van der Waals surface area (Å²) in [6.07, 6.45) is 0. The van der Waals surface area contributed by atoms with Gasteiger partial charge >= 0.3 is 0 Å². The van der Waals surface area contributed by atoms with Crippen LogP contribution in [0.5, 0.6) is 11.5 Å². The summed E-state index contributed by atoms with van der Waals surface area (Å²) in [5.41, 5.74) is 0.685. The highest BCUT2D eigenvalue weighted by Crippen LogP contribution is 2.26. The number of anilines is 2. The van der Waals surface area contributed by atoms with Gasteiger partial charge in [-0.25, -0.2) is 8.78 Å². The summed E-state index contributed by atoms with van der Waals surface area (Å²) in [7, 11) is 3.06. The van der Waals surface area contributed by atoms with E-state index in [4.69, 9.17) is 21.7 Å². The van der Waals surface area contributed by atoms with Crippen LogP contribution in [0.2, 0.25) is 0 Å². The van der Waals surface area contributed by atoms with Crippen molar-refractivity contribution in [3.8, 4) is 11.5 Å². The van der Waals surface area contributed by atoms with Crippen LogP contribution in [0.25, 0.3) is 0 Å². The normalized spacial score (nSPS) is 10.0. The predicted molar refractivity (Wildman–Crippen MR) is 85.7 cm³/mol. The van der Waals surface area contributed by atoms with Gasteiger partial charge in [0, 0.05) is 30.0 Å². The first-order valence-corrected chi connectivity index (χ1v) is 6.69. The number of hydrogen-bond acceptors (Lipinski definition) is 3. The average molecular weight is 324 g/mol. The van der Waals surface area contributed by atoms with Crippen LogP contribution in [0.3, 0.4) is 0 Å². The van der Waals surface area contributed by atoms with Crippen LogP contribution < -0.4 is 20.1 Å². The lowest BCUT2D eigenvalue weighted by Crippen LogP contribution is -2.19. The molecule has 0 amide bonds. The second-order valence-electron chi connectivity index (χ2n) is 4.30. The molecule has 0 heterocycles. The molecule has 4 nitrogen and oxygen atoms in total. The SMILES string of the molecule is COc1cc(NC(=S)Nc2ccc(F)cc2F)cc(OC)c1. The molecule has 2 rings (SSSR count). The summed E-state index contributed by atoms with van der Waals surface area (Å²) in [5, 5.41) is 5.69. The number of halogens is 2. The molecule has 7 heteroatoms. The van der Waals surface area contributed by atoms with Crippen molar-refractivity contribution in [1.29, 1.82) is 0 Å². The lowest BCUT2D eigenvalue weighted by molar-refractivity contribution is 0.395. The molecule has 0 atom stereocenters. The molecule has 0 radical (unpaired) electrons. The van der Waals surface area contributed by atoms with Crippen LogP contribution in [0.1, 0.15) is 0 Å². The van der Waals surface area contributed by atoms with Gasteiger partial charge in [0.15, 0.2) is 5.11 Å². The first-order valence-electron chi connectivity index (χ1n) is 6.28. The number of thiocarbonyl (C=S) groups is 1. The van der Waals surface area contributed by atoms with Crippen LogP contribution in [-0.4, -0.2) is 19.3 Å². The van der Waals surface area contributed by atoms with Gasteiger partial charge in [-0.1, -0.05) is 0 Å². The number of nitrogens with one attached hydrogen (secondary N) is 2. The Morgan fingerprint density at radius 3 is 2.14 bits per heavy atom. The van der Waals surface area contributed by atoms with Crippen molar-refractivity contribution in [3.05, 3.63) is 48.0 Å². The van der Waals surface area contributed by atoms with Crippen molar-refractivity contribution in [2.45, 2.75) is 0 Å². The lowest BCUT2D eigenvalue weighted by Gasteiger charge is -2.13. The molecule has 0 saturated carbocycles. The van der Waals surface area contributed by atoms with Crippen LogP contribution >= 0.6 is 12.2 Å². The number of methoxy groups -OCH3 is 2. The summed E-state index contributed by atoms with van der Waals surface area (Å²) < 4.78 is 36.7. The quantitative estimate of drug-likeness (QED) is 0.838. The third-order valence-electron chi connectivity index (χ3n) is 2.79. The van der Waals surface area contributed by atoms with Gasteiger partial charge in [0.05, 0.1) is 19.9 Å². The number of ether oxygens (including phenoxy) is 2. The van der Waals surface area contributed by atoms with E-state index in [1.165, 1.54) is 20.3 Å². The molecule has 0 aromatic heterocycles. The zero-order valence-electron chi connectivity index (χ0n) is 11.9. The zero-order chi connectivity index (χ0) is 16.1. The fraction of sp³-hybridized carbons (Fsp3) is 0.133. The summed E-state index contributed by atoms with van der Waals surface area (Å²) in [6, 6.07) is 8.31. The first-order chi connectivity index (χ1) is 10.5. The number of hydrogen-bond donors (Lipinski definition) is 2. The van der Waals surface area contributed by atoms with Crippen LogP contribution in [0.15, 0.2) is 36.4 Å². The maximum atomic E-state index is 13.6. The fourth-order valence-electron chi connectivity index (χ4n) is 1.76. The van der Waals surface area contributed by atoms with Crippen molar-refractivity contribution in [3.63, 3.8) is 0 Å². The fourth-order valence-corrected chi connectivity index (χ4v) is 1.98. The molecule has 0 aliphatic heterocycles. The Balaban J connectivity index is 2.11. The molecule has 2 N–H and O–H groups in total. The van der Waals surface area contributed by atoms with Gasteiger partial charge in [0.25, 0.3) is 0 Å². The summed E-state index contributed by atoms with van der Waals surface area (Å²) in [5.74, 6) is -0.220. The monoisotopic (exact) mass is 324 g/mol. The number of rotatable bonds is 4. The zero-order valence-corrected chi connectivity index (χ0v) is 12.8. The Kier molecular flexibility index (Phi) is 5.11. The van der Waals surface area contributed by atoms with Crippen molar-refractivity contribution < 1.29 is 18.3 Å². The molecule has 22 heavy (non-hydrogen) atoms. The molecule has 0 bridgehead atoms. The molecular weight excluding hydrogens is 310 g/mol. The first kappa shape index (κ1) is 16.0. The van der Waals surface area contributed by atoms with Crippen molar-refractivity contribution >= 4 is 28.7 Å². The van der Waals surface area contributed by atoms with Gasteiger partial charge in [-0.2, -0.15) is 0 Å². The van der Waals surface area contributed by atoms with Crippen LogP contribution in [0, 0.1) is 11.6 Å². The Bertz CT molecular complexity index is 673. The Morgan fingerprint density at radius 1 is 0.955 bits per heavy atom. The van der Waals surface area contributed by atoms with E-state index in [2.05, 4.69) is 10.6 Å². The van der Waals surface area contributed by atoms with Gasteiger partial charge in [-0.3, -0.25) is 0 Å². The van der Waals surface area contributed by atoms with Gasteiger partial charge in [-0.05, 0) is 24.4 Å². The van der Waals surface area contributed by atoms with E-state index in [1.54, 1.807) is 18.2 Å². The molecule has 116 valence electrons. The standard InChI is InChI=1S/C15H14F2N2O2S/c1-20-11-6-10(7-12(8-11)21-2)18-15(22)19-14-4-3-9(16)5-13(14)17/h3-8H,1-2H3,(H2,18,19,22). The molecule has 2 aromatic rings. The largest absolute Gasteiger partial charge is 0.497 e. The second-order valence-corrected chi connectivity index (χ2v) is 4.71. The molecule has 0 fully saturated rings. The predicted octanol–water partition coefficient (Wildman–Crippen LogP) is 3.79. The molecule has 0 spiro atoms. The molecule has 2 aromatic carbocycles. The van der Waals surface area contributed by atoms with Gasteiger partial charge in [0.2, 0.25) is 0 Å². The highest BCUT2D eigenvalue weighted by Gasteiger charge is 2.07. The highest BCUT2D eigenvalue weighted by molar-refractivity contribution is 7.80. The van der Waals surface area contributed by atoms with E-state index in [-0.39, 0.29) is 10.8 Å². The Hall–Kier alpha value is -2.41. The minimum Gasteiger partial charge on any atom is -0.497 e. The third-order valence-corrected chi connectivity index (χ3v) is 2.99. The third kappa shape index (κ3) is 4.05. The summed E-state index contributed by atoms with van der Waals surface area (Å²) >= 11 is 5.11. The minimum atomic E-state index is -0.729. The van der Waals surface area contributed by atoms with Crippen molar-refractivity contribution in [2.24, 2.45) is 0 Å². The van der Waals surface area contributed by atoms with E-state index >= 15 is 0 Å². The van der Waals surface area contributed by atoms with E-state index in [0.717, 1.165) is 12.1 Å². The van der Waals surface area contributed by atoms with E-state index in [0.29, 0.717) is 17.2 Å². The minimum absolute atomic E-state index is 0.0776. The molecule has 0 saturated heterocycles. The van der Waals surface area contributed by atoms with Crippen molar-refractivity contribution in [1.82, 2.24) is 0 Å². The smallest absolute Gasteiger partial charge is 0.175 e. The van der Waals surface area contributed by atoms with Crippen LogP contribution in [0.4, 0.5) is 20.2 Å². The van der Waals surface area contributed by atoms with Gasteiger partial charge in [0.1, 0.15) is 23.1 Å². The van der Waals surface area contributed by atoms with Gasteiger partial charge < -0.3 is 20.1 Å². The maximum absolute atomic E-state index is 13.6.